The van der Waals surface area contributed by atoms with Crippen LogP contribution in [0.25, 0.3) is 10.9 Å². The highest BCUT2D eigenvalue weighted by molar-refractivity contribution is 5.92. The van der Waals surface area contributed by atoms with E-state index in [4.69, 9.17) is 19.3 Å². The molecule has 0 atom stereocenters. The first kappa shape index (κ1) is 16.3. The van der Waals surface area contributed by atoms with E-state index in [1.807, 2.05) is 6.92 Å². The summed E-state index contributed by atoms with van der Waals surface area (Å²) in [6.07, 6.45) is 1.77. The van der Waals surface area contributed by atoms with Gasteiger partial charge in [-0.3, -0.25) is 9.48 Å². The Labute approximate surface area is 137 Å². The first-order chi connectivity index (χ1) is 11.7. The summed E-state index contributed by atoms with van der Waals surface area (Å²) in [5, 5.41) is 13.3. The van der Waals surface area contributed by atoms with Gasteiger partial charge in [-0.2, -0.15) is 5.10 Å². The van der Waals surface area contributed by atoms with Crippen LogP contribution in [0, 0.1) is 0 Å². The van der Waals surface area contributed by atoms with Gasteiger partial charge in [0.25, 0.3) is 0 Å². The number of aliphatic hydroxyl groups excluding tert-OH is 1. The van der Waals surface area contributed by atoms with E-state index in [1.54, 1.807) is 16.8 Å². The first-order valence-corrected chi connectivity index (χ1v) is 7.78. The number of ether oxygens (including phenoxy) is 3. The second-order valence-corrected chi connectivity index (χ2v) is 5.34. The van der Waals surface area contributed by atoms with Gasteiger partial charge in [0, 0.05) is 12.6 Å². The minimum absolute atomic E-state index is 0.0909. The lowest BCUT2D eigenvalue weighted by atomic mass is 10.1. The van der Waals surface area contributed by atoms with E-state index in [-0.39, 0.29) is 25.7 Å². The largest absolute Gasteiger partial charge is 0.458 e. The second kappa shape index (κ2) is 6.88. The second-order valence-electron chi connectivity index (χ2n) is 5.34. The summed E-state index contributed by atoms with van der Waals surface area (Å²) in [5.74, 6) is 0.158. The van der Waals surface area contributed by atoms with E-state index < -0.39 is 11.4 Å². The van der Waals surface area contributed by atoms with Crippen LogP contribution in [0.5, 0.6) is 11.5 Å². The van der Waals surface area contributed by atoms with Gasteiger partial charge in [-0.1, -0.05) is 13.3 Å². The summed E-state index contributed by atoms with van der Waals surface area (Å²) in [4.78, 5) is 24.7. The van der Waals surface area contributed by atoms with Crippen LogP contribution in [0.15, 0.2) is 16.9 Å². The quantitative estimate of drug-likeness (QED) is 0.789. The number of unbranched alkanes of at least 4 members (excludes halogenated alkanes) is 1. The topological polar surface area (TPSA) is 99.9 Å². The molecule has 1 N–H and O–H groups in total. The number of nitrogens with zero attached hydrogens (tertiary/aromatic N) is 2. The van der Waals surface area contributed by atoms with Crippen molar-refractivity contribution in [3.8, 4) is 11.5 Å². The van der Waals surface area contributed by atoms with E-state index in [0.29, 0.717) is 28.9 Å². The summed E-state index contributed by atoms with van der Waals surface area (Å²) in [6.45, 7) is 2.17. The molecule has 0 amide bonds. The molecule has 0 unspecified atom stereocenters. The molecule has 2 aromatic rings. The monoisotopic (exact) mass is 334 g/mol. The van der Waals surface area contributed by atoms with Gasteiger partial charge in [-0.05, 0) is 12.5 Å². The maximum Gasteiger partial charge on any atom is 0.363 e. The fourth-order valence-corrected chi connectivity index (χ4v) is 2.49. The van der Waals surface area contributed by atoms with Crippen LogP contribution in [0.1, 0.15) is 30.3 Å². The van der Waals surface area contributed by atoms with Crippen molar-refractivity contribution in [3.63, 3.8) is 0 Å². The normalized spacial score (nSPS) is 12.6. The van der Waals surface area contributed by atoms with Gasteiger partial charge in [0.2, 0.25) is 17.9 Å². The minimum atomic E-state index is -0.848. The lowest BCUT2D eigenvalue weighted by molar-refractivity contribution is 0.0423. The first-order valence-electron chi connectivity index (χ1n) is 7.78. The van der Waals surface area contributed by atoms with Crippen LogP contribution in [-0.2, 0) is 11.3 Å². The van der Waals surface area contributed by atoms with Crippen molar-refractivity contribution in [2.45, 2.75) is 26.3 Å². The van der Waals surface area contributed by atoms with Crippen molar-refractivity contribution in [2.24, 2.45) is 0 Å². The maximum atomic E-state index is 12.6. The number of aromatic nitrogens is 2. The van der Waals surface area contributed by atoms with E-state index in [9.17, 15) is 9.59 Å². The summed E-state index contributed by atoms with van der Waals surface area (Å²) in [5.41, 5.74) is -0.249. The molecule has 1 aliphatic rings. The minimum Gasteiger partial charge on any atom is -0.458 e. The van der Waals surface area contributed by atoms with Gasteiger partial charge < -0.3 is 19.3 Å². The number of aryl methyl sites for hydroxylation is 1. The van der Waals surface area contributed by atoms with Crippen LogP contribution in [0.3, 0.4) is 0 Å². The molecule has 0 saturated heterocycles. The maximum absolute atomic E-state index is 12.6. The zero-order valence-corrected chi connectivity index (χ0v) is 13.3. The standard InChI is InChI=1S/C16H18N2O6/c1-2-3-4-18-11-8-13-12(23-9-24-13)7-10(11)15(20)14(17-18)16(21)22-6-5-19/h7-8,19H,2-6,9H2,1H3. The molecule has 3 rings (SSSR count). The lowest BCUT2D eigenvalue weighted by Crippen LogP contribution is -2.25. The van der Waals surface area contributed by atoms with Crippen molar-refractivity contribution in [1.82, 2.24) is 9.78 Å². The molecule has 0 bridgehead atoms. The number of esters is 1. The molecule has 0 spiro atoms. The number of carbonyl (C=O) groups is 1. The van der Waals surface area contributed by atoms with Gasteiger partial charge in [0.1, 0.15) is 6.61 Å². The fraction of sp³-hybridized carbons (Fsp3) is 0.438. The van der Waals surface area contributed by atoms with Crippen molar-refractivity contribution in [3.05, 3.63) is 28.0 Å². The highest BCUT2D eigenvalue weighted by atomic mass is 16.7. The van der Waals surface area contributed by atoms with Crippen LogP contribution in [0.4, 0.5) is 0 Å². The van der Waals surface area contributed by atoms with Crippen LogP contribution in [-0.4, -0.2) is 40.9 Å². The number of aliphatic hydroxyl groups is 1. The molecular weight excluding hydrogens is 316 g/mol. The smallest absolute Gasteiger partial charge is 0.363 e. The Bertz CT molecular complexity index is 829. The van der Waals surface area contributed by atoms with Gasteiger partial charge in [0.05, 0.1) is 17.5 Å². The molecule has 1 aromatic carbocycles. The van der Waals surface area contributed by atoms with Crippen molar-refractivity contribution in [1.29, 1.82) is 0 Å². The average Bonchev–Trinajstić information content (AvgIpc) is 3.05. The van der Waals surface area contributed by atoms with E-state index in [1.165, 1.54) is 0 Å². The van der Waals surface area contributed by atoms with Gasteiger partial charge in [0.15, 0.2) is 11.5 Å². The third-order valence-corrected chi connectivity index (χ3v) is 3.69. The van der Waals surface area contributed by atoms with Crippen LogP contribution >= 0.6 is 0 Å². The van der Waals surface area contributed by atoms with Gasteiger partial charge in [-0.15, -0.1) is 0 Å². The summed E-state index contributed by atoms with van der Waals surface area (Å²) >= 11 is 0. The number of benzene rings is 1. The number of hydrogen-bond donors (Lipinski definition) is 1. The van der Waals surface area contributed by atoms with Crippen molar-refractivity contribution < 1.29 is 24.1 Å². The summed E-state index contributed by atoms with van der Waals surface area (Å²) in [6, 6.07) is 3.26. The van der Waals surface area contributed by atoms with Crippen molar-refractivity contribution >= 4 is 16.9 Å². The number of hydrogen-bond acceptors (Lipinski definition) is 7. The molecule has 8 nitrogen and oxygen atoms in total. The Morgan fingerprint density at radius 3 is 2.83 bits per heavy atom. The summed E-state index contributed by atoms with van der Waals surface area (Å²) in [7, 11) is 0. The SMILES string of the molecule is CCCCn1nc(C(=O)OCCO)c(=O)c2cc3c(cc21)OCO3. The molecule has 128 valence electrons. The van der Waals surface area contributed by atoms with Crippen LogP contribution < -0.4 is 14.9 Å². The van der Waals surface area contributed by atoms with Gasteiger partial charge >= 0.3 is 5.97 Å². The highest BCUT2D eigenvalue weighted by Gasteiger charge is 2.22. The Morgan fingerprint density at radius 1 is 1.38 bits per heavy atom. The molecular formula is C16H18N2O6. The van der Waals surface area contributed by atoms with E-state index in [2.05, 4.69) is 5.10 Å². The van der Waals surface area contributed by atoms with E-state index >= 15 is 0 Å². The molecule has 0 radical (unpaired) electrons. The zero-order chi connectivity index (χ0) is 17.1. The number of carbonyl (C=O) groups excluding carboxylic acids is 1. The zero-order valence-electron chi connectivity index (χ0n) is 13.3. The third-order valence-electron chi connectivity index (χ3n) is 3.69. The number of rotatable bonds is 6. The molecule has 2 heterocycles. The third kappa shape index (κ3) is 2.92. The van der Waals surface area contributed by atoms with E-state index in [0.717, 1.165) is 12.8 Å². The number of fused-ring (bicyclic) bond motifs is 2. The predicted octanol–water partition coefficient (Wildman–Crippen LogP) is 1.07. The Morgan fingerprint density at radius 2 is 2.12 bits per heavy atom. The fourth-order valence-electron chi connectivity index (χ4n) is 2.49. The van der Waals surface area contributed by atoms with Crippen molar-refractivity contribution in [2.75, 3.05) is 20.0 Å². The molecule has 0 fully saturated rings. The molecule has 24 heavy (non-hydrogen) atoms. The average molecular weight is 334 g/mol. The summed E-state index contributed by atoms with van der Waals surface area (Å²) < 4.78 is 17.1. The molecule has 1 aromatic heterocycles. The predicted molar refractivity (Wildman–Crippen MR) is 84.4 cm³/mol. The van der Waals surface area contributed by atoms with Gasteiger partial charge in [-0.25, -0.2) is 4.79 Å². The van der Waals surface area contributed by atoms with Crippen LogP contribution in [0.2, 0.25) is 0 Å². The molecule has 1 aliphatic heterocycles. The molecule has 0 saturated carbocycles. The molecule has 8 heteroatoms. The Balaban J connectivity index is 2.15. The molecule has 0 aliphatic carbocycles. The Kier molecular flexibility index (Phi) is 4.66. The highest BCUT2D eigenvalue weighted by Crippen LogP contribution is 2.35. The lowest BCUT2D eigenvalue weighted by Gasteiger charge is -2.12. The Hall–Kier alpha value is -2.61.